The van der Waals surface area contributed by atoms with E-state index in [0.29, 0.717) is 0 Å². The first-order valence-electron chi connectivity index (χ1n) is 9.96. The van der Waals surface area contributed by atoms with Gasteiger partial charge in [-0.25, -0.2) is 0 Å². The molecule has 0 unspecified atom stereocenters. The van der Waals surface area contributed by atoms with Crippen molar-refractivity contribution in [3.63, 3.8) is 0 Å². The van der Waals surface area contributed by atoms with Crippen molar-refractivity contribution in [3.8, 4) is 0 Å². The zero-order valence-electron chi connectivity index (χ0n) is 15.7. The van der Waals surface area contributed by atoms with Crippen LogP contribution in [0.2, 0.25) is 0 Å². The summed E-state index contributed by atoms with van der Waals surface area (Å²) in [7, 11) is 0. The van der Waals surface area contributed by atoms with E-state index < -0.39 is 0 Å². The number of hydrogen-bond acceptors (Lipinski definition) is 7. The van der Waals surface area contributed by atoms with Crippen LogP contribution in [0.4, 0.5) is 17.6 Å². The van der Waals surface area contributed by atoms with E-state index in [2.05, 4.69) is 25.3 Å². The molecular formula is C20H27N7. The Hall–Kier alpha value is -2.70. The van der Waals surface area contributed by atoms with Crippen LogP contribution in [-0.2, 0) is 0 Å². The van der Waals surface area contributed by atoms with Crippen LogP contribution in [-0.4, -0.2) is 47.3 Å². The van der Waals surface area contributed by atoms with Crippen LogP contribution >= 0.6 is 0 Å². The highest BCUT2D eigenvalue weighted by Gasteiger charge is 2.19. The summed E-state index contributed by atoms with van der Waals surface area (Å²) in [6.45, 7) is 4.19. The fraction of sp³-hybridized carbons (Fsp3) is 0.500. The Morgan fingerprint density at radius 3 is 2.22 bits per heavy atom. The molecule has 0 spiro atoms. The minimum absolute atomic E-state index is 0.747. The van der Waals surface area contributed by atoms with Crippen LogP contribution in [0.5, 0.6) is 0 Å². The summed E-state index contributed by atoms with van der Waals surface area (Å²) in [4.78, 5) is 18.3. The van der Waals surface area contributed by atoms with Crippen molar-refractivity contribution in [1.29, 1.82) is 0 Å². The molecule has 0 saturated carbocycles. The van der Waals surface area contributed by atoms with Gasteiger partial charge in [0.15, 0.2) is 5.82 Å². The number of pyridine rings is 1. The van der Waals surface area contributed by atoms with Crippen LogP contribution in [0.3, 0.4) is 0 Å². The van der Waals surface area contributed by atoms with Gasteiger partial charge in [0.2, 0.25) is 5.95 Å². The minimum atomic E-state index is 0.747. The third-order valence-electron chi connectivity index (χ3n) is 5.12. The number of nitrogens with zero attached hydrogens (tertiary/aromatic N) is 6. The molecule has 142 valence electrons. The van der Waals surface area contributed by atoms with E-state index in [-0.39, 0.29) is 0 Å². The molecule has 4 heterocycles. The van der Waals surface area contributed by atoms with Gasteiger partial charge < -0.3 is 9.80 Å². The second kappa shape index (κ2) is 8.79. The minimum Gasteiger partial charge on any atom is -0.356 e. The molecule has 2 aromatic rings. The number of piperidine rings is 2. The third-order valence-corrected chi connectivity index (χ3v) is 5.12. The average Bonchev–Trinajstić information content (AvgIpc) is 2.76. The predicted octanol–water partition coefficient (Wildman–Crippen LogP) is 3.30. The first-order chi connectivity index (χ1) is 13.4. The fourth-order valence-corrected chi connectivity index (χ4v) is 3.62. The van der Waals surface area contributed by atoms with Gasteiger partial charge in [-0.15, -0.1) is 0 Å². The van der Waals surface area contributed by atoms with Gasteiger partial charge in [-0.1, -0.05) is 0 Å². The maximum Gasteiger partial charge on any atom is 0.229 e. The largest absolute Gasteiger partial charge is 0.356 e. The highest BCUT2D eigenvalue weighted by Crippen LogP contribution is 2.25. The molecule has 2 fully saturated rings. The molecule has 0 aliphatic carbocycles. The summed E-state index contributed by atoms with van der Waals surface area (Å²) >= 11 is 0. The molecule has 4 rings (SSSR count). The van der Waals surface area contributed by atoms with Gasteiger partial charge in [-0.3, -0.25) is 10.4 Å². The summed E-state index contributed by atoms with van der Waals surface area (Å²) in [5.74, 6) is 2.57. The summed E-state index contributed by atoms with van der Waals surface area (Å²) in [6, 6.07) is 5.86. The Kier molecular flexibility index (Phi) is 5.76. The topological polar surface area (TPSA) is 69.5 Å². The maximum atomic E-state index is 4.89. The fourth-order valence-electron chi connectivity index (χ4n) is 3.62. The van der Waals surface area contributed by atoms with Crippen LogP contribution in [0, 0.1) is 0 Å². The molecule has 27 heavy (non-hydrogen) atoms. The highest BCUT2D eigenvalue weighted by molar-refractivity contribution is 5.79. The molecule has 7 nitrogen and oxygen atoms in total. The Bertz CT molecular complexity index is 714. The van der Waals surface area contributed by atoms with Gasteiger partial charge in [0, 0.05) is 44.6 Å². The molecular weight excluding hydrogens is 338 g/mol. The second-order valence-corrected chi connectivity index (χ2v) is 7.16. The third kappa shape index (κ3) is 4.72. The van der Waals surface area contributed by atoms with E-state index in [9.17, 15) is 0 Å². The van der Waals surface area contributed by atoms with Crippen molar-refractivity contribution in [2.75, 3.05) is 41.4 Å². The maximum absolute atomic E-state index is 4.89. The van der Waals surface area contributed by atoms with Gasteiger partial charge in [0.25, 0.3) is 0 Å². The van der Waals surface area contributed by atoms with Crippen LogP contribution < -0.4 is 15.2 Å². The molecule has 2 aromatic heterocycles. The first kappa shape index (κ1) is 17.7. The number of rotatable bonds is 5. The molecule has 1 N–H and O–H groups in total. The van der Waals surface area contributed by atoms with E-state index in [1.54, 1.807) is 18.6 Å². The van der Waals surface area contributed by atoms with Crippen LogP contribution in [0.15, 0.2) is 35.7 Å². The van der Waals surface area contributed by atoms with Gasteiger partial charge in [-0.05, 0) is 56.2 Å². The van der Waals surface area contributed by atoms with Crippen LogP contribution in [0.1, 0.15) is 44.1 Å². The van der Waals surface area contributed by atoms with Crippen molar-refractivity contribution in [2.24, 2.45) is 5.10 Å². The molecule has 0 bridgehead atoms. The normalized spacial score (nSPS) is 18.1. The second-order valence-electron chi connectivity index (χ2n) is 7.16. The molecule has 2 saturated heterocycles. The van der Waals surface area contributed by atoms with E-state index in [0.717, 1.165) is 49.3 Å². The lowest BCUT2D eigenvalue weighted by Crippen LogP contribution is -2.33. The number of anilines is 3. The molecule has 7 heteroatoms. The molecule has 2 aliphatic heterocycles. The lowest BCUT2D eigenvalue weighted by Gasteiger charge is -2.31. The Labute approximate surface area is 160 Å². The molecule has 2 aliphatic rings. The van der Waals surface area contributed by atoms with Gasteiger partial charge in [0.1, 0.15) is 5.82 Å². The van der Waals surface area contributed by atoms with Crippen molar-refractivity contribution >= 4 is 23.8 Å². The number of nitrogens with one attached hydrogen (secondary N) is 1. The van der Waals surface area contributed by atoms with Crippen LogP contribution in [0.25, 0.3) is 0 Å². The quantitative estimate of drug-likeness (QED) is 0.648. The van der Waals surface area contributed by atoms with E-state index in [4.69, 9.17) is 9.97 Å². The summed E-state index contributed by atoms with van der Waals surface area (Å²) < 4.78 is 0. The van der Waals surface area contributed by atoms with E-state index >= 15 is 0 Å². The van der Waals surface area contributed by atoms with Crippen molar-refractivity contribution in [1.82, 2.24) is 15.0 Å². The summed E-state index contributed by atoms with van der Waals surface area (Å²) in [5, 5.41) is 4.35. The Balaban J connectivity index is 1.55. The van der Waals surface area contributed by atoms with E-state index in [1.807, 2.05) is 18.2 Å². The van der Waals surface area contributed by atoms with Gasteiger partial charge in [-0.2, -0.15) is 15.1 Å². The highest BCUT2D eigenvalue weighted by atomic mass is 15.4. The lowest BCUT2D eigenvalue weighted by molar-refractivity contribution is 0.561. The summed E-state index contributed by atoms with van der Waals surface area (Å²) in [6.07, 6.45) is 12.8. The number of aromatic nitrogens is 3. The molecule has 0 aromatic carbocycles. The van der Waals surface area contributed by atoms with Gasteiger partial charge in [0.05, 0.1) is 6.21 Å². The first-order valence-corrected chi connectivity index (χ1v) is 9.96. The standard InChI is InChI=1S/C20H27N7/c1-3-11-26(12-4-1)19-15-18(25-22-16-17-7-9-21-10-8-17)23-20(24-19)27-13-5-2-6-14-27/h7-10,15-16H,1-6,11-14H2,(H,23,24,25)/b22-16+. The van der Waals surface area contributed by atoms with Gasteiger partial charge >= 0.3 is 0 Å². The Morgan fingerprint density at radius 1 is 0.852 bits per heavy atom. The van der Waals surface area contributed by atoms with Crippen molar-refractivity contribution < 1.29 is 0 Å². The molecule has 0 amide bonds. The monoisotopic (exact) mass is 365 g/mol. The molecule has 0 atom stereocenters. The van der Waals surface area contributed by atoms with Crippen molar-refractivity contribution in [2.45, 2.75) is 38.5 Å². The zero-order chi connectivity index (χ0) is 18.3. The SMILES string of the molecule is C(=N\Nc1cc(N2CCCCC2)nc(N2CCCCC2)n1)/c1ccncc1. The lowest BCUT2D eigenvalue weighted by atomic mass is 10.1. The molecule has 0 radical (unpaired) electrons. The number of hydrazone groups is 1. The number of hydrogen-bond donors (Lipinski definition) is 1. The Morgan fingerprint density at radius 2 is 1.52 bits per heavy atom. The predicted molar refractivity (Wildman–Crippen MR) is 110 cm³/mol. The zero-order valence-corrected chi connectivity index (χ0v) is 15.7. The summed E-state index contributed by atoms with van der Waals surface area (Å²) in [5.41, 5.74) is 4.10. The van der Waals surface area contributed by atoms with E-state index in [1.165, 1.54) is 38.5 Å². The average molecular weight is 365 g/mol. The smallest absolute Gasteiger partial charge is 0.229 e. The van der Waals surface area contributed by atoms with Crippen molar-refractivity contribution in [3.05, 3.63) is 36.2 Å².